The Morgan fingerprint density at radius 3 is 2.48 bits per heavy atom. The average molecular weight is 470 g/mol. The van der Waals surface area contributed by atoms with E-state index < -0.39 is 0 Å². The molecule has 2 aromatic carbocycles. The molecule has 0 aliphatic heterocycles. The highest BCUT2D eigenvalue weighted by molar-refractivity contribution is 8.00. The summed E-state index contributed by atoms with van der Waals surface area (Å²) in [6.45, 7) is 4.21. The summed E-state index contributed by atoms with van der Waals surface area (Å²) < 4.78 is 3.45. The van der Waals surface area contributed by atoms with Gasteiger partial charge in [-0.25, -0.2) is 4.68 Å². The van der Waals surface area contributed by atoms with Crippen LogP contribution >= 0.6 is 35.3 Å². The second kappa shape index (κ2) is 10.1. The van der Waals surface area contributed by atoms with Gasteiger partial charge in [0.2, 0.25) is 0 Å². The number of hydrogen-bond donors (Lipinski definition) is 0. The third-order valence-electron chi connectivity index (χ3n) is 5.60. The van der Waals surface area contributed by atoms with Crippen molar-refractivity contribution >= 4 is 41.2 Å². The molecule has 162 valence electrons. The van der Waals surface area contributed by atoms with Gasteiger partial charge in [-0.1, -0.05) is 66.3 Å². The van der Waals surface area contributed by atoms with Crippen LogP contribution < -0.4 is 0 Å². The normalized spacial score (nSPS) is 14.3. The van der Waals surface area contributed by atoms with Crippen molar-refractivity contribution in [2.75, 3.05) is 0 Å². The lowest BCUT2D eigenvalue weighted by molar-refractivity contribution is 0.0613. The fourth-order valence-electron chi connectivity index (χ4n) is 4.10. The summed E-state index contributed by atoms with van der Waals surface area (Å²) >= 11 is 8.76. The van der Waals surface area contributed by atoms with Crippen molar-refractivity contribution in [2.45, 2.75) is 61.7 Å². The molecule has 7 heteroatoms. The Morgan fingerprint density at radius 2 is 1.84 bits per heavy atom. The molecule has 1 heterocycles. The molecular formula is C24H27N3OS3. The number of amides is 1. The van der Waals surface area contributed by atoms with Crippen LogP contribution in [-0.2, 0) is 5.75 Å². The van der Waals surface area contributed by atoms with Gasteiger partial charge in [0, 0.05) is 23.4 Å². The Morgan fingerprint density at radius 1 is 1.16 bits per heavy atom. The highest BCUT2D eigenvalue weighted by Crippen LogP contribution is 2.29. The van der Waals surface area contributed by atoms with Crippen LogP contribution in [0.1, 0.15) is 55.5 Å². The van der Waals surface area contributed by atoms with Crippen molar-refractivity contribution in [1.29, 1.82) is 0 Å². The van der Waals surface area contributed by atoms with E-state index in [1.165, 1.54) is 29.7 Å². The molecule has 0 bridgehead atoms. The number of aromatic nitrogens is 2. The van der Waals surface area contributed by atoms with E-state index in [0.29, 0.717) is 10.00 Å². The van der Waals surface area contributed by atoms with E-state index in [9.17, 15) is 4.79 Å². The van der Waals surface area contributed by atoms with Crippen LogP contribution in [0, 0.1) is 3.95 Å². The minimum absolute atomic E-state index is 0.120. The Hall–Kier alpha value is -1.96. The van der Waals surface area contributed by atoms with Crippen LogP contribution in [0.4, 0.5) is 0 Å². The Kier molecular flexibility index (Phi) is 7.25. The van der Waals surface area contributed by atoms with Gasteiger partial charge in [0.25, 0.3) is 5.91 Å². The van der Waals surface area contributed by atoms with E-state index in [2.05, 4.69) is 30.9 Å². The molecule has 1 aliphatic carbocycles. The smallest absolute Gasteiger partial charge is 0.254 e. The molecule has 4 nitrogen and oxygen atoms in total. The van der Waals surface area contributed by atoms with Crippen molar-refractivity contribution in [3.05, 3.63) is 69.7 Å². The van der Waals surface area contributed by atoms with Crippen LogP contribution in [0.5, 0.6) is 0 Å². The maximum absolute atomic E-state index is 13.2. The molecule has 1 fully saturated rings. The minimum atomic E-state index is 0.120. The van der Waals surface area contributed by atoms with Crippen LogP contribution in [-0.4, -0.2) is 32.7 Å². The molecule has 3 aromatic rings. The first-order valence-corrected chi connectivity index (χ1v) is 12.9. The highest BCUT2D eigenvalue weighted by atomic mass is 32.2. The number of rotatable bonds is 7. The van der Waals surface area contributed by atoms with Crippen molar-refractivity contribution < 1.29 is 4.79 Å². The Labute approximate surface area is 197 Å². The zero-order valence-electron chi connectivity index (χ0n) is 17.9. The van der Waals surface area contributed by atoms with Gasteiger partial charge in [0.15, 0.2) is 8.29 Å². The second-order valence-electron chi connectivity index (χ2n) is 8.11. The average Bonchev–Trinajstić information content (AvgIpc) is 3.43. The third-order valence-corrected chi connectivity index (χ3v) is 8.04. The summed E-state index contributed by atoms with van der Waals surface area (Å²) in [6, 6.07) is 18.6. The zero-order chi connectivity index (χ0) is 21.8. The van der Waals surface area contributed by atoms with Gasteiger partial charge in [-0.05, 0) is 68.7 Å². The molecule has 4 rings (SSSR count). The standard InChI is InChI=1S/C24H27N3OS3/c1-17(2)26(20-10-6-7-11-20)22(28)19-12-14-21(15-13-19)27-24(29)31-23(25-27)30-16-18-8-4-3-5-9-18/h3-5,8-9,12-15,17,20H,6-7,10-11,16H2,1-2H3. The molecule has 1 saturated carbocycles. The molecule has 0 atom stereocenters. The van der Waals surface area contributed by atoms with Gasteiger partial charge in [-0.2, -0.15) is 0 Å². The molecule has 1 aromatic heterocycles. The largest absolute Gasteiger partial charge is 0.333 e. The number of thioether (sulfide) groups is 1. The molecule has 0 spiro atoms. The van der Waals surface area contributed by atoms with Crippen molar-refractivity contribution in [2.24, 2.45) is 0 Å². The number of hydrogen-bond acceptors (Lipinski definition) is 5. The monoisotopic (exact) mass is 469 g/mol. The zero-order valence-corrected chi connectivity index (χ0v) is 20.3. The first-order valence-electron chi connectivity index (χ1n) is 10.7. The number of benzene rings is 2. The fourth-order valence-corrected chi connectivity index (χ4v) is 6.42. The fraction of sp³-hybridized carbons (Fsp3) is 0.375. The molecule has 0 unspecified atom stereocenters. The van der Waals surface area contributed by atoms with Crippen molar-refractivity contribution in [3.8, 4) is 5.69 Å². The van der Waals surface area contributed by atoms with E-state index in [1.54, 1.807) is 16.4 Å². The van der Waals surface area contributed by atoms with E-state index in [4.69, 9.17) is 17.3 Å². The molecule has 0 saturated heterocycles. The lowest BCUT2D eigenvalue weighted by Crippen LogP contribution is -2.43. The van der Waals surface area contributed by atoms with Gasteiger partial charge < -0.3 is 4.90 Å². The van der Waals surface area contributed by atoms with E-state index in [1.807, 2.05) is 42.5 Å². The maximum atomic E-state index is 13.2. The lowest BCUT2D eigenvalue weighted by Gasteiger charge is -2.33. The predicted molar refractivity (Wildman–Crippen MR) is 132 cm³/mol. The van der Waals surface area contributed by atoms with E-state index >= 15 is 0 Å². The summed E-state index contributed by atoms with van der Waals surface area (Å²) in [6.07, 6.45) is 4.65. The summed E-state index contributed by atoms with van der Waals surface area (Å²) in [5, 5.41) is 4.69. The summed E-state index contributed by atoms with van der Waals surface area (Å²) in [4.78, 5) is 15.3. The Bertz CT molecular complexity index is 1070. The van der Waals surface area contributed by atoms with Gasteiger partial charge in [0.1, 0.15) is 0 Å². The Balaban J connectivity index is 1.48. The molecular weight excluding hydrogens is 442 g/mol. The summed E-state index contributed by atoms with van der Waals surface area (Å²) in [5.41, 5.74) is 2.88. The van der Waals surface area contributed by atoms with Gasteiger partial charge >= 0.3 is 0 Å². The van der Waals surface area contributed by atoms with Crippen LogP contribution in [0.3, 0.4) is 0 Å². The first kappa shape index (κ1) is 22.2. The quantitative estimate of drug-likeness (QED) is 0.283. The van der Waals surface area contributed by atoms with Crippen LogP contribution in [0.25, 0.3) is 5.69 Å². The molecule has 1 aliphatic rings. The third kappa shape index (κ3) is 5.27. The number of nitrogens with zero attached hydrogens (tertiary/aromatic N) is 3. The predicted octanol–water partition coefficient (Wildman–Crippen LogP) is 6.75. The SMILES string of the molecule is CC(C)N(C(=O)c1ccc(-n2nc(SCc3ccccc3)sc2=S)cc1)C1CCCC1. The van der Waals surface area contributed by atoms with E-state index in [-0.39, 0.29) is 11.9 Å². The molecule has 0 N–H and O–H groups in total. The summed E-state index contributed by atoms with van der Waals surface area (Å²) in [5.74, 6) is 0.984. The first-order chi connectivity index (χ1) is 15.0. The van der Waals surface area contributed by atoms with Crippen LogP contribution in [0.2, 0.25) is 0 Å². The number of carbonyl (C=O) groups is 1. The molecule has 1 amide bonds. The number of carbonyl (C=O) groups excluding carboxylic acids is 1. The topological polar surface area (TPSA) is 38.1 Å². The van der Waals surface area contributed by atoms with Gasteiger partial charge in [-0.3, -0.25) is 4.79 Å². The molecule has 31 heavy (non-hydrogen) atoms. The van der Waals surface area contributed by atoms with Crippen molar-refractivity contribution in [3.63, 3.8) is 0 Å². The van der Waals surface area contributed by atoms with Crippen molar-refractivity contribution in [1.82, 2.24) is 14.7 Å². The van der Waals surface area contributed by atoms with Crippen LogP contribution in [0.15, 0.2) is 58.9 Å². The minimum Gasteiger partial charge on any atom is -0.333 e. The summed E-state index contributed by atoms with van der Waals surface area (Å²) in [7, 11) is 0. The second-order valence-corrected chi connectivity index (χ2v) is 11.0. The van der Waals surface area contributed by atoms with Gasteiger partial charge in [-0.15, -0.1) is 5.10 Å². The van der Waals surface area contributed by atoms with Gasteiger partial charge in [0.05, 0.1) is 5.69 Å². The lowest BCUT2D eigenvalue weighted by atomic mass is 10.1. The highest BCUT2D eigenvalue weighted by Gasteiger charge is 2.29. The maximum Gasteiger partial charge on any atom is 0.254 e. The molecule has 0 radical (unpaired) electrons. The van der Waals surface area contributed by atoms with E-state index in [0.717, 1.165) is 34.2 Å².